The summed E-state index contributed by atoms with van der Waals surface area (Å²) in [6, 6.07) is 5.61. The number of anilines is 1. The van der Waals surface area contributed by atoms with Gasteiger partial charge in [-0.1, -0.05) is 6.07 Å². The molecule has 0 saturated carbocycles. The maximum atomic E-state index is 12.5. The number of nitrogens with one attached hydrogen (secondary N) is 2. The van der Waals surface area contributed by atoms with Crippen molar-refractivity contribution in [2.45, 2.75) is 32.6 Å². The van der Waals surface area contributed by atoms with E-state index >= 15 is 0 Å². The SMILES string of the molecule is COCCNC(=O)CCC1CCN(C(=O)Nc2cc(C)ccc2OC)CC1. The predicted octanol–water partition coefficient (Wildman–Crippen LogP) is 2.79. The van der Waals surface area contributed by atoms with E-state index in [0.717, 1.165) is 24.8 Å². The van der Waals surface area contributed by atoms with Crippen molar-refractivity contribution >= 4 is 17.6 Å². The molecule has 0 aliphatic carbocycles. The lowest BCUT2D eigenvalue weighted by molar-refractivity contribution is -0.121. The Morgan fingerprint density at radius 2 is 1.96 bits per heavy atom. The van der Waals surface area contributed by atoms with Crippen molar-refractivity contribution in [1.29, 1.82) is 0 Å². The molecular formula is C20H31N3O4. The maximum absolute atomic E-state index is 12.5. The number of rotatable bonds is 8. The summed E-state index contributed by atoms with van der Waals surface area (Å²) < 4.78 is 10.2. The van der Waals surface area contributed by atoms with Gasteiger partial charge in [0.25, 0.3) is 0 Å². The van der Waals surface area contributed by atoms with Crippen molar-refractivity contribution in [1.82, 2.24) is 10.2 Å². The molecule has 0 bridgehead atoms. The van der Waals surface area contributed by atoms with Crippen LogP contribution in [-0.2, 0) is 9.53 Å². The summed E-state index contributed by atoms with van der Waals surface area (Å²) >= 11 is 0. The number of carbonyl (C=O) groups is 2. The van der Waals surface area contributed by atoms with Gasteiger partial charge in [-0.3, -0.25) is 4.79 Å². The minimum atomic E-state index is -0.102. The number of benzene rings is 1. The third-order valence-corrected chi connectivity index (χ3v) is 4.91. The highest BCUT2D eigenvalue weighted by Crippen LogP contribution is 2.27. The van der Waals surface area contributed by atoms with Crippen LogP contribution < -0.4 is 15.4 Å². The average molecular weight is 377 g/mol. The Morgan fingerprint density at radius 3 is 2.63 bits per heavy atom. The number of nitrogens with zero attached hydrogens (tertiary/aromatic N) is 1. The number of aryl methyl sites for hydroxylation is 1. The summed E-state index contributed by atoms with van der Waals surface area (Å²) in [6.07, 6.45) is 3.23. The Kier molecular flexibility index (Phi) is 8.39. The van der Waals surface area contributed by atoms with Gasteiger partial charge < -0.3 is 25.0 Å². The summed E-state index contributed by atoms with van der Waals surface area (Å²) in [5.41, 5.74) is 1.76. The van der Waals surface area contributed by atoms with Crippen LogP contribution >= 0.6 is 0 Å². The normalized spacial score (nSPS) is 14.7. The van der Waals surface area contributed by atoms with Gasteiger partial charge in [0.1, 0.15) is 5.75 Å². The Morgan fingerprint density at radius 1 is 1.22 bits per heavy atom. The predicted molar refractivity (Wildman–Crippen MR) is 105 cm³/mol. The van der Waals surface area contributed by atoms with Crippen molar-refractivity contribution in [3.63, 3.8) is 0 Å². The van der Waals surface area contributed by atoms with E-state index in [9.17, 15) is 9.59 Å². The molecule has 1 fully saturated rings. The Bertz CT molecular complexity index is 628. The number of urea groups is 1. The third-order valence-electron chi connectivity index (χ3n) is 4.91. The van der Waals surface area contributed by atoms with Crippen LogP contribution in [0.3, 0.4) is 0 Å². The van der Waals surface area contributed by atoms with Crippen LogP contribution in [0.2, 0.25) is 0 Å². The number of ether oxygens (including phenoxy) is 2. The van der Waals surface area contributed by atoms with Gasteiger partial charge in [-0.05, 0) is 49.8 Å². The fourth-order valence-corrected chi connectivity index (χ4v) is 3.25. The van der Waals surface area contributed by atoms with Crippen LogP contribution in [0.1, 0.15) is 31.2 Å². The molecule has 1 saturated heterocycles. The highest BCUT2D eigenvalue weighted by Gasteiger charge is 2.23. The van der Waals surface area contributed by atoms with E-state index in [2.05, 4.69) is 10.6 Å². The Labute approximate surface area is 161 Å². The molecule has 2 rings (SSSR count). The van der Waals surface area contributed by atoms with Gasteiger partial charge in [-0.2, -0.15) is 0 Å². The standard InChI is InChI=1S/C20H31N3O4/c1-15-4-6-18(27-3)17(14-15)22-20(25)23-11-8-16(9-12-23)5-7-19(24)21-10-13-26-2/h4,6,14,16H,5,7-13H2,1-3H3,(H,21,24)(H,22,25). The largest absolute Gasteiger partial charge is 0.495 e. The highest BCUT2D eigenvalue weighted by atomic mass is 16.5. The van der Waals surface area contributed by atoms with E-state index in [1.807, 2.05) is 30.0 Å². The van der Waals surface area contributed by atoms with Crippen LogP contribution in [0.5, 0.6) is 5.75 Å². The highest BCUT2D eigenvalue weighted by molar-refractivity contribution is 5.91. The van der Waals surface area contributed by atoms with Crippen LogP contribution in [-0.4, -0.2) is 57.3 Å². The fraction of sp³-hybridized carbons (Fsp3) is 0.600. The third kappa shape index (κ3) is 6.75. The van der Waals surface area contributed by atoms with E-state index in [0.29, 0.717) is 50.0 Å². The quantitative estimate of drug-likeness (QED) is 0.683. The summed E-state index contributed by atoms with van der Waals surface area (Å²) in [6.45, 7) is 4.47. The molecule has 0 atom stereocenters. The number of likely N-dealkylation sites (tertiary alicyclic amines) is 1. The zero-order chi connectivity index (χ0) is 19.6. The molecular weight excluding hydrogens is 346 g/mol. The first kappa shape index (κ1) is 21.0. The fourth-order valence-electron chi connectivity index (χ4n) is 3.25. The van der Waals surface area contributed by atoms with Crippen LogP contribution in [0.15, 0.2) is 18.2 Å². The smallest absolute Gasteiger partial charge is 0.321 e. The van der Waals surface area contributed by atoms with Crippen molar-refractivity contribution in [2.24, 2.45) is 5.92 Å². The second-order valence-electron chi connectivity index (χ2n) is 6.95. The molecule has 1 heterocycles. The maximum Gasteiger partial charge on any atom is 0.321 e. The van der Waals surface area contributed by atoms with Gasteiger partial charge in [0, 0.05) is 33.2 Å². The zero-order valence-electron chi connectivity index (χ0n) is 16.5. The number of hydrogen-bond donors (Lipinski definition) is 2. The molecule has 0 aromatic heterocycles. The summed E-state index contributed by atoms with van der Waals surface area (Å²) in [7, 11) is 3.21. The first-order chi connectivity index (χ1) is 13.0. The van der Waals surface area contributed by atoms with E-state index in [4.69, 9.17) is 9.47 Å². The minimum Gasteiger partial charge on any atom is -0.495 e. The van der Waals surface area contributed by atoms with E-state index < -0.39 is 0 Å². The molecule has 3 amide bonds. The lowest BCUT2D eigenvalue weighted by atomic mass is 9.92. The molecule has 150 valence electrons. The van der Waals surface area contributed by atoms with Crippen LogP contribution in [0, 0.1) is 12.8 Å². The Hall–Kier alpha value is -2.28. The second kappa shape index (κ2) is 10.8. The summed E-state index contributed by atoms with van der Waals surface area (Å²) in [4.78, 5) is 26.2. The average Bonchev–Trinajstić information content (AvgIpc) is 2.67. The molecule has 0 spiro atoms. The Balaban J connectivity index is 1.74. The monoisotopic (exact) mass is 377 g/mol. The number of methoxy groups -OCH3 is 2. The minimum absolute atomic E-state index is 0.0683. The van der Waals surface area contributed by atoms with Gasteiger partial charge in [0.15, 0.2) is 0 Å². The number of carbonyl (C=O) groups excluding carboxylic acids is 2. The molecule has 1 aliphatic rings. The molecule has 1 aromatic rings. The van der Waals surface area contributed by atoms with Crippen LogP contribution in [0.4, 0.5) is 10.5 Å². The molecule has 1 aromatic carbocycles. The van der Waals surface area contributed by atoms with Gasteiger partial charge in [0.2, 0.25) is 5.91 Å². The lowest BCUT2D eigenvalue weighted by Crippen LogP contribution is -2.41. The molecule has 7 heteroatoms. The number of piperidine rings is 1. The lowest BCUT2D eigenvalue weighted by Gasteiger charge is -2.32. The van der Waals surface area contributed by atoms with Gasteiger partial charge in [-0.25, -0.2) is 4.79 Å². The first-order valence-electron chi connectivity index (χ1n) is 9.49. The van der Waals surface area contributed by atoms with Gasteiger partial charge >= 0.3 is 6.03 Å². The molecule has 1 aliphatic heterocycles. The second-order valence-corrected chi connectivity index (χ2v) is 6.95. The van der Waals surface area contributed by atoms with Crippen molar-refractivity contribution in [2.75, 3.05) is 45.8 Å². The number of hydrogen-bond acceptors (Lipinski definition) is 4. The molecule has 27 heavy (non-hydrogen) atoms. The van der Waals surface area contributed by atoms with E-state index in [1.165, 1.54) is 0 Å². The topological polar surface area (TPSA) is 79.9 Å². The number of amides is 3. The van der Waals surface area contributed by atoms with Crippen molar-refractivity contribution in [3.8, 4) is 5.75 Å². The molecule has 0 unspecified atom stereocenters. The summed E-state index contributed by atoms with van der Waals surface area (Å²) in [5.74, 6) is 1.21. The molecule has 2 N–H and O–H groups in total. The van der Waals surface area contributed by atoms with E-state index in [-0.39, 0.29) is 11.9 Å². The first-order valence-corrected chi connectivity index (χ1v) is 9.49. The molecule has 0 radical (unpaired) electrons. The van der Waals surface area contributed by atoms with Crippen LogP contribution in [0.25, 0.3) is 0 Å². The van der Waals surface area contributed by atoms with Crippen molar-refractivity contribution < 1.29 is 19.1 Å². The zero-order valence-corrected chi connectivity index (χ0v) is 16.5. The van der Waals surface area contributed by atoms with Crippen molar-refractivity contribution in [3.05, 3.63) is 23.8 Å². The van der Waals surface area contributed by atoms with Gasteiger partial charge in [0.05, 0.1) is 19.4 Å². The molecule has 7 nitrogen and oxygen atoms in total. The van der Waals surface area contributed by atoms with Gasteiger partial charge in [-0.15, -0.1) is 0 Å². The van der Waals surface area contributed by atoms with E-state index in [1.54, 1.807) is 14.2 Å². The summed E-state index contributed by atoms with van der Waals surface area (Å²) in [5, 5.41) is 5.79.